The number of hydrogen-bond acceptors (Lipinski definition) is 4. The number of esters is 1. The van der Waals surface area contributed by atoms with Crippen molar-refractivity contribution in [3.05, 3.63) is 24.0 Å². The third-order valence-electron chi connectivity index (χ3n) is 3.89. The summed E-state index contributed by atoms with van der Waals surface area (Å²) < 4.78 is 10.4. The Morgan fingerprint density at radius 3 is 2.60 bits per heavy atom. The fourth-order valence-corrected chi connectivity index (χ4v) is 2.38. The Morgan fingerprint density at radius 2 is 2.15 bits per heavy atom. The van der Waals surface area contributed by atoms with E-state index < -0.39 is 5.41 Å². The van der Waals surface area contributed by atoms with Crippen LogP contribution in [0.2, 0.25) is 0 Å². The Hall–Kier alpha value is -1.58. The lowest BCUT2D eigenvalue weighted by molar-refractivity contribution is -0.145. The van der Waals surface area contributed by atoms with Crippen LogP contribution in [0.1, 0.15) is 46.5 Å². The Bertz CT molecular complexity index is 436. The summed E-state index contributed by atoms with van der Waals surface area (Å²) in [7, 11) is 1.58. The molecule has 0 bridgehead atoms. The van der Waals surface area contributed by atoms with E-state index in [1.54, 1.807) is 13.2 Å². The van der Waals surface area contributed by atoms with E-state index in [9.17, 15) is 9.59 Å². The summed E-state index contributed by atoms with van der Waals surface area (Å²) in [6.45, 7) is 9.03. The molecule has 1 rings (SSSR count). The lowest BCUT2D eigenvalue weighted by Gasteiger charge is -2.32. The van der Waals surface area contributed by atoms with Gasteiger partial charge in [-0.05, 0) is 31.8 Å². The fraction of sp³-hybridized carbons (Fsp3) is 0.625. The molecule has 2 atom stereocenters. The van der Waals surface area contributed by atoms with E-state index >= 15 is 0 Å². The van der Waals surface area contributed by atoms with Crippen LogP contribution in [0.3, 0.4) is 0 Å². The largest absolute Gasteiger partial charge is 0.501 e. The van der Waals surface area contributed by atoms with Crippen LogP contribution >= 0.6 is 0 Å². The molecule has 4 nitrogen and oxygen atoms in total. The lowest BCUT2D eigenvalue weighted by atomic mass is 9.73. The maximum Gasteiger partial charge on any atom is 0.303 e. The molecule has 0 unspecified atom stereocenters. The number of methoxy groups -OCH3 is 1. The van der Waals surface area contributed by atoms with Crippen LogP contribution in [-0.2, 0) is 19.1 Å². The monoisotopic (exact) mass is 280 g/mol. The van der Waals surface area contributed by atoms with Crippen LogP contribution in [0.5, 0.6) is 0 Å². The first-order valence-corrected chi connectivity index (χ1v) is 6.90. The first-order chi connectivity index (χ1) is 9.28. The van der Waals surface area contributed by atoms with E-state index in [4.69, 9.17) is 9.47 Å². The van der Waals surface area contributed by atoms with Crippen molar-refractivity contribution in [3.63, 3.8) is 0 Å². The molecule has 0 aliphatic heterocycles. The van der Waals surface area contributed by atoms with E-state index in [-0.39, 0.29) is 17.9 Å². The average molecular weight is 280 g/mol. The molecular formula is C16H24O4. The number of carbonyl (C=O) groups excluding carboxylic acids is 2. The minimum Gasteiger partial charge on any atom is -0.501 e. The molecular weight excluding hydrogens is 256 g/mol. The molecule has 4 heteroatoms. The average Bonchev–Trinajstić information content (AvgIpc) is 2.37. The Balaban J connectivity index is 2.67. The van der Waals surface area contributed by atoms with Crippen molar-refractivity contribution in [2.75, 3.05) is 7.11 Å². The third kappa shape index (κ3) is 4.22. The van der Waals surface area contributed by atoms with Gasteiger partial charge in [-0.2, -0.15) is 0 Å². The number of ketones is 1. The molecule has 0 saturated carbocycles. The first-order valence-electron chi connectivity index (χ1n) is 6.90. The summed E-state index contributed by atoms with van der Waals surface area (Å²) in [4.78, 5) is 23.3. The number of hydrogen-bond donors (Lipinski definition) is 0. The molecule has 0 heterocycles. The van der Waals surface area contributed by atoms with Crippen LogP contribution in [0.25, 0.3) is 0 Å². The van der Waals surface area contributed by atoms with Gasteiger partial charge in [-0.1, -0.05) is 13.5 Å². The summed E-state index contributed by atoms with van der Waals surface area (Å²) in [6, 6.07) is 0. The zero-order chi connectivity index (χ0) is 15.3. The van der Waals surface area contributed by atoms with Gasteiger partial charge in [0.25, 0.3) is 0 Å². The van der Waals surface area contributed by atoms with E-state index in [2.05, 4.69) is 6.58 Å². The van der Waals surface area contributed by atoms with Crippen molar-refractivity contribution >= 4 is 11.8 Å². The summed E-state index contributed by atoms with van der Waals surface area (Å²) in [5.74, 6) is 0.507. The summed E-state index contributed by atoms with van der Waals surface area (Å²) in [5, 5.41) is 0. The van der Waals surface area contributed by atoms with Gasteiger partial charge in [0.15, 0.2) is 5.78 Å². The molecule has 0 saturated heterocycles. The quantitative estimate of drug-likeness (QED) is 0.554. The van der Waals surface area contributed by atoms with Gasteiger partial charge in [-0.15, -0.1) is 0 Å². The summed E-state index contributed by atoms with van der Waals surface area (Å²) in [5.41, 5.74) is 0.399. The van der Waals surface area contributed by atoms with Crippen LogP contribution in [0.15, 0.2) is 24.0 Å². The van der Waals surface area contributed by atoms with E-state index in [0.29, 0.717) is 12.8 Å². The van der Waals surface area contributed by atoms with Gasteiger partial charge >= 0.3 is 5.97 Å². The lowest BCUT2D eigenvalue weighted by Crippen LogP contribution is -2.32. The van der Waals surface area contributed by atoms with Gasteiger partial charge in [0.05, 0.1) is 12.9 Å². The third-order valence-corrected chi connectivity index (χ3v) is 3.89. The summed E-state index contributed by atoms with van der Waals surface area (Å²) >= 11 is 0. The molecule has 1 aliphatic carbocycles. The van der Waals surface area contributed by atoms with Crippen LogP contribution < -0.4 is 0 Å². The molecule has 0 radical (unpaired) electrons. The maximum atomic E-state index is 12.2. The smallest absolute Gasteiger partial charge is 0.303 e. The number of rotatable bonds is 6. The highest BCUT2D eigenvalue weighted by Crippen LogP contribution is 2.37. The van der Waals surface area contributed by atoms with Crippen molar-refractivity contribution in [1.82, 2.24) is 0 Å². The maximum absolute atomic E-state index is 12.2. The zero-order valence-electron chi connectivity index (χ0n) is 12.8. The van der Waals surface area contributed by atoms with E-state index in [0.717, 1.165) is 24.2 Å². The normalized spacial score (nSPS) is 23.8. The standard InChI is InChI=1S/C16H24O4/c1-11(2)14(20-12(3)17)7-9-16(4)8-6-13(19-5)10-15(16)18/h10,14H,1,6-9H2,2-5H3/t14-,16+/m1/s1. The molecule has 0 spiro atoms. The van der Waals surface area contributed by atoms with Gasteiger partial charge < -0.3 is 9.47 Å². The molecule has 0 N–H and O–H groups in total. The number of carbonyl (C=O) groups is 2. The Morgan fingerprint density at radius 1 is 1.50 bits per heavy atom. The van der Waals surface area contributed by atoms with Crippen molar-refractivity contribution in [3.8, 4) is 0 Å². The minimum atomic E-state index is -0.407. The molecule has 0 fully saturated rings. The highest BCUT2D eigenvalue weighted by atomic mass is 16.5. The van der Waals surface area contributed by atoms with Crippen molar-refractivity contribution < 1.29 is 19.1 Å². The Kier molecular flexibility index (Phi) is 5.54. The van der Waals surface area contributed by atoms with Crippen LogP contribution in [0, 0.1) is 5.41 Å². The first kappa shape index (κ1) is 16.5. The Labute approximate surface area is 120 Å². The molecule has 0 aromatic carbocycles. The minimum absolute atomic E-state index is 0.0869. The van der Waals surface area contributed by atoms with Gasteiger partial charge in [0.1, 0.15) is 6.10 Å². The van der Waals surface area contributed by atoms with Gasteiger partial charge in [0, 0.05) is 24.8 Å². The predicted octanol–water partition coefficient (Wildman–Crippen LogP) is 3.17. The van der Waals surface area contributed by atoms with E-state index in [1.165, 1.54) is 6.92 Å². The molecule has 0 amide bonds. The zero-order valence-corrected chi connectivity index (χ0v) is 12.8. The second-order valence-electron chi connectivity index (χ2n) is 5.72. The topological polar surface area (TPSA) is 52.6 Å². The summed E-state index contributed by atoms with van der Waals surface area (Å²) in [6.07, 6.45) is 4.09. The van der Waals surface area contributed by atoms with Crippen LogP contribution in [-0.4, -0.2) is 25.0 Å². The van der Waals surface area contributed by atoms with Gasteiger partial charge in [0.2, 0.25) is 0 Å². The van der Waals surface area contributed by atoms with Crippen LogP contribution in [0.4, 0.5) is 0 Å². The van der Waals surface area contributed by atoms with Gasteiger partial charge in [-0.3, -0.25) is 9.59 Å². The SMILES string of the molecule is C=C(C)[C@@H](CC[C@]1(C)CCC(OC)=CC1=O)OC(C)=O. The molecule has 20 heavy (non-hydrogen) atoms. The highest BCUT2D eigenvalue weighted by molar-refractivity contribution is 5.95. The van der Waals surface area contributed by atoms with Gasteiger partial charge in [-0.25, -0.2) is 0 Å². The molecule has 0 aromatic heterocycles. The van der Waals surface area contributed by atoms with E-state index in [1.807, 2.05) is 13.8 Å². The van der Waals surface area contributed by atoms with Crippen molar-refractivity contribution in [2.45, 2.75) is 52.6 Å². The van der Waals surface area contributed by atoms with Crippen molar-refractivity contribution in [2.24, 2.45) is 5.41 Å². The van der Waals surface area contributed by atoms with Crippen molar-refractivity contribution in [1.29, 1.82) is 0 Å². The highest BCUT2D eigenvalue weighted by Gasteiger charge is 2.36. The molecule has 0 aromatic rings. The molecule has 112 valence electrons. The second-order valence-corrected chi connectivity index (χ2v) is 5.72. The fourth-order valence-electron chi connectivity index (χ4n) is 2.38. The second kappa shape index (κ2) is 6.73. The number of ether oxygens (including phenoxy) is 2. The predicted molar refractivity (Wildman–Crippen MR) is 77.0 cm³/mol. The number of allylic oxidation sites excluding steroid dienone is 2. The molecule has 1 aliphatic rings.